The fourth-order valence-electron chi connectivity index (χ4n) is 2.58. The molecular weight excluding hydrogens is 377 g/mol. The van der Waals surface area contributed by atoms with E-state index in [4.69, 9.17) is 5.73 Å². The minimum absolute atomic E-state index is 0. The average Bonchev–Trinajstić information content (AvgIpc) is 2.46. The van der Waals surface area contributed by atoms with E-state index in [0.717, 1.165) is 18.4 Å². The van der Waals surface area contributed by atoms with Gasteiger partial charge in [0.05, 0.1) is 12.6 Å². The summed E-state index contributed by atoms with van der Waals surface area (Å²) in [6, 6.07) is 8.29. The van der Waals surface area contributed by atoms with E-state index in [1.54, 1.807) is 0 Å². The van der Waals surface area contributed by atoms with Crippen LogP contribution in [0.5, 0.6) is 0 Å². The molecule has 2 rings (SSSR count). The van der Waals surface area contributed by atoms with Gasteiger partial charge in [0.25, 0.3) is 0 Å². The Balaban J connectivity index is 0.00000220. The van der Waals surface area contributed by atoms with Crippen molar-refractivity contribution in [2.75, 3.05) is 6.54 Å². The molecule has 1 aromatic rings. The Hall–Kier alpha value is -0.820. The molecule has 1 saturated carbocycles. The highest BCUT2D eigenvalue weighted by atomic mass is 127. The predicted octanol–water partition coefficient (Wildman–Crippen LogP) is 2.88. The number of nitrogens with two attached hydrogens (primary N) is 1. The molecule has 0 radical (unpaired) electrons. The number of halogens is 1. The fourth-order valence-corrected chi connectivity index (χ4v) is 2.58. The molecule has 1 aliphatic carbocycles. The van der Waals surface area contributed by atoms with E-state index in [2.05, 4.69) is 10.3 Å². The lowest BCUT2D eigenvalue weighted by Crippen LogP contribution is -2.41. The monoisotopic (exact) mass is 403 g/mol. The number of aryl methyl sites for hydroxylation is 1. The molecule has 0 aliphatic heterocycles. The third-order valence-corrected chi connectivity index (χ3v) is 3.85. The van der Waals surface area contributed by atoms with Gasteiger partial charge in [-0.2, -0.15) is 0 Å². The number of guanidine groups is 1. The van der Waals surface area contributed by atoms with Crippen molar-refractivity contribution in [3.8, 4) is 0 Å². The molecule has 4 nitrogen and oxygen atoms in total. The van der Waals surface area contributed by atoms with Crippen molar-refractivity contribution in [2.24, 2.45) is 10.7 Å². The highest BCUT2D eigenvalue weighted by Crippen LogP contribution is 2.17. The lowest BCUT2D eigenvalue weighted by atomic mass is 9.96. The van der Waals surface area contributed by atoms with Crippen LogP contribution in [0.2, 0.25) is 0 Å². The second kappa shape index (κ2) is 9.25. The van der Waals surface area contributed by atoms with Crippen LogP contribution >= 0.6 is 24.0 Å². The molecule has 1 unspecified atom stereocenters. The molecule has 0 saturated heterocycles. The summed E-state index contributed by atoms with van der Waals surface area (Å²) in [6.45, 7) is 2.33. The van der Waals surface area contributed by atoms with Crippen molar-refractivity contribution in [3.63, 3.8) is 0 Å². The summed E-state index contributed by atoms with van der Waals surface area (Å²) < 4.78 is 0. The van der Waals surface area contributed by atoms with Gasteiger partial charge in [0, 0.05) is 6.04 Å². The third kappa shape index (κ3) is 6.22. The second-order valence-corrected chi connectivity index (χ2v) is 5.63. The maximum Gasteiger partial charge on any atom is 0.188 e. The van der Waals surface area contributed by atoms with Crippen LogP contribution in [0, 0.1) is 6.92 Å². The van der Waals surface area contributed by atoms with Crippen LogP contribution in [0.1, 0.15) is 49.3 Å². The van der Waals surface area contributed by atoms with Gasteiger partial charge in [-0.1, -0.05) is 49.1 Å². The number of nitrogens with one attached hydrogen (secondary N) is 1. The molecule has 1 atom stereocenters. The molecular formula is C16H26IN3O. The Labute approximate surface area is 144 Å². The standard InChI is InChI=1S/C16H25N3O.HI/c1-12-7-9-13(10-8-12)15(20)11-18-16(17)19-14-5-3-2-4-6-14;/h7-10,14-15,20H,2-6,11H2,1H3,(H3,17,18,19);1H. The van der Waals surface area contributed by atoms with Crippen LogP contribution in [-0.4, -0.2) is 23.7 Å². The average molecular weight is 403 g/mol. The van der Waals surface area contributed by atoms with Crippen molar-refractivity contribution >= 4 is 29.9 Å². The maximum absolute atomic E-state index is 10.1. The molecule has 118 valence electrons. The lowest BCUT2D eigenvalue weighted by Gasteiger charge is -2.23. The Morgan fingerprint density at radius 2 is 1.90 bits per heavy atom. The molecule has 1 aromatic carbocycles. The van der Waals surface area contributed by atoms with Gasteiger partial charge >= 0.3 is 0 Å². The number of benzene rings is 1. The Morgan fingerprint density at radius 3 is 2.52 bits per heavy atom. The number of aliphatic hydroxyl groups is 1. The van der Waals surface area contributed by atoms with Crippen molar-refractivity contribution < 1.29 is 5.11 Å². The second-order valence-electron chi connectivity index (χ2n) is 5.63. The number of hydrogen-bond donors (Lipinski definition) is 3. The predicted molar refractivity (Wildman–Crippen MR) is 98.1 cm³/mol. The molecule has 0 bridgehead atoms. The summed E-state index contributed by atoms with van der Waals surface area (Å²) >= 11 is 0. The summed E-state index contributed by atoms with van der Waals surface area (Å²) in [6.07, 6.45) is 5.57. The van der Waals surface area contributed by atoms with Gasteiger partial charge < -0.3 is 16.2 Å². The number of nitrogens with zero attached hydrogens (tertiary/aromatic N) is 1. The van der Waals surface area contributed by atoms with Gasteiger partial charge in [0.15, 0.2) is 5.96 Å². The molecule has 1 fully saturated rings. The molecule has 1 aliphatic rings. The summed E-state index contributed by atoms with van der Waals surface area (Å²) in [5.74, 6) is 0.447. The van der Waals surface area contributed by atoms with E-state index >= 15 is 0 Å². The molecule has 0 spiro atoms. The third-order valence-electron chi connectivity index (χ3n) is 3.85. The molecule has 0 heterocycles. The molecule has 0 aromatic heterocycles. The number of aliphatic hydroxyl groups excluding tert-OH is 1. The highest BCUT2D eigenvalue weighted by Gasteiger charge is 2.13. The van der Waals surface area contributed by atoms with Crippen LogP contribution < -0.4 is 11.1 Å². The zero-order valence-electron chi connectivity index (χ0n) is 12.6. The van der Waals surface area contributed by atoms with E-state index in [1.807, 2.05) is 31.2 Å². The van der Waals surface area contributed by atoms with Crippen LogP contribution in [0.4, 0.5) is 0 Å². The fraction of sp³-hybridized carbons (Fsp3) is 0.562. The maximum atomic E-state index is 10.1. The SMILES string of the molecule is Cc1ccc(C(O)CN=C(N)NC2CCCCC2)cc1.I. The first-order chi connectivity index (χ1) is 9.65. The zero-order chi connectivity index (χ0) is 14.4. The van der Waals surface area contributed by atoms with E-state index in [0.29, 0.717) is 18.5 Å². The van der Waals surface area contributed by atoms with Crippen molar-refractivity contribution in [1.29, 1.82) is 0 Å². The van der Waals surface area contributed by atoms with Crippen LogP contribution in [0.3, 0.4) is 0 Å². The van der Waals surface area contributed by atoms with Gasteiger partial charge in [0.1, 0.15) is 0 Å². The summed E-state index contributed by atoms with van der Waals surface area (Å²) in [5.41, 5.74) is 7.95. The highest BCUT2D eigenvalue weighted by molar-refractivity contribution is 14.0. The number of hydrogen-bond acceptors (Lipinski definition) is 2. The van der Waals surface area contributed by atoms with Crippen molar-refractivity contribution in [3.05, 3.63) is 35.4 Å². The summed E-state index contributed by atoms with van der Waals surface area (Å²) in [7, 11) is 0. The topological polar surface area (TPSA) is 70.6 Å². The van der Waals surface area contributed by atoms with Gasteiger partial charge in [0.2, 0.25) is 0 Å². The first-order valence-electron chi connectivity index (χ1n) is 7.46. The normalized spacial score (nSPS) is 17.9. The first-order valence-corrected chi connectivity index (χ1v) is 7.46. The van der Waals surface area contributed by atoms with E-state index in [1.165, 1.54) is 24.8 Å². The minimum Gasteiger partial charge on any atom is -0.386 e. The van der Waals surface area contributed by atoms with Crippen LogP contribution in [0.15, 0.2) is 29.3 Å². The Bertz CT molecular complexity index is 441. The summed E-state index contributed by atoms with van der Waals surface area (Å²) in [5, 5.41) is 13.3. The summed E-state index contributed by atoms with van der Waals surface area (Å²) in [4.78, 5) is 4.25. The smallest absolute Gasteiger partial charge is 0.188 e. The first kappa shape index (κ1) is 18.2. The molecule has 21 heavy (non-hydrogen) atoms. The quantitative estimate of drug-likeness (QED) is 0.411. The largest absolute Gasteiger partial charge is 0.386 e. The van der Waals surface area contributed by atoms with Gasteiger partial charge in [-0.25, -0.2) is 0 Å². The van der Waals surface area contributed by atoms with Gasteiger partial charge in [-0.3, -0.25) is 4.99 Å². The van der Waals surface area contributed by atoms with Gasteiger partial charge in [-0.05, 0) is 25.3 Å². The Kier molecular flexibility index (Phi) is 8.03. The van der Waals surface area contributed by atoms with Crippen LogP contribution in [0.25, 0.3) is 0 Å². The molecule has 4 N–H and O–H groups in total. The molecule has 5 heteroatoms. The van der Waals surface area contributed by atoms with Gasteiger partial charge in [-0.15, -0.1) is 24.0 Å². The molecule has 0 amide bonds. The lowest BCUT2D eigenvalue weighted by molar-refractivity contribution is 0.187. The van der Waals surface area contributed by atoms with E-state index < -0.39 is 6.10 Å². The zero-order valence-corrected chi connectivity index (χ0v) is 14.9. The van der Waals surface area contributed by atoms with Crippen molar-refractivity contribution in [2.45, 2.75) is 51.2 Å². The van der Waals surface area contributed by atoms with E-state index in [9.17, 15) is 5.11 Å². The van der Waals surface area contributed by atoms with E-state index in [-0.39, 0.29) is 24.0 Å². The number of aliphatic imine (C=N–C) groups is 1. The number of rotatable bonds is 4. The Morgan fingerprint density at radius 1 is 1.29 bits per heavy atom. The minimum atomic E-state index is -0.595. The van der Waals surface area contributed by atoms with Crippen LogP contribution in [-0.2, 0) is 0 Å². The van der Waals surface area contributed by atoms with Crippen molar-refractivity contribution in [1.82, 2.24) is 5.32 Å².